The van der Waals surface area contributed by atoms with Gasteiger partial charge < -0.3 is 10.2 Å². The summed E-state index contributed by atoms with van der Waals surface area (Å²) in [4.78, 5) is 11.4. The Kier molecular flexibility index (Phi) is 3.54. The van der Waals surface area contributed by atoms with E-state index in [4.69, 9.17) is 0 Å². The van der Waals surface area contributed by atoms with Gasteiger partial charge in [-0.1, -0.05) is 13.8 Å². The largest absolute Gasteiger partial charge is 0.481 e. The quantitative estimate of drug-likeness (QED) is 0.809. The van der Waals surface area contributed by atoms with Crippen molar-refractivity contribution < 1.29 is 23.8 Å². The highest BCUT2D eigenvalue weighted by atomic mass is 19.3. The predicted octanol–water partition coefficient (Wildman–Crippen LogP) is 2.67. The van der Waals surface area contributed by atoms with Gasteiger partial charge in [0.05, 0.1) is 11.0 Å². The zero-order valence-corrected chi connectivity index (χ0v) is 10.5. The van der Waals surface area contributed by atoms with Gasteiger partial charge in [-0.15, -0.1) is 0 Å². The number of carboxylic acid groups (broad SMARTS) is 1. The van der Waals surface area contributed by atoms with Crippen LogP contribution >= 0.6 is 0 Å². The molecule has 1 aliphatic carbocycles. The molecule has 1 atom stereocenters. The van der Waals surface area contributed by atoms with E-state index in [0.717, 1.165) is 0 Å². The molecule has 0 aliphatic heterocycles. The first-order valence-electron chi connectivity index (χ1n) is 5.89. The number of aliphatic hydroxyl groups is 1. The van der Waals surface area contributed by atoms with Gasteiger partial charge in [0, 0.05) is 12.8 Å². The fourth-order valence-electron chi connectivity index (χ4n) is 2.53. The summed E-state index contributed by atoms with van der Waals surface area (Å²) in [5.41, 5.74) is -2.93. The summed E-state index contributed by atoms with van der Waals surface area (Å²) in [7, 11) is 0. The number of aliphatic carboxylic acids is 1. The number of carbonyl (C=O) groups is 1. The van der Waals surface area contributed by atoms with Crippen molar-refractivity contribution in [3.8, 4) is 0 Å². The molecule has 0 saturated heterocycles. The molecule has 0 amide bonds. The third kappa shape index (κ3) is 2.30. The van der Waals surface area contributed by atoms with Crippen molar-refractivity contribution in [2.75, 3.05) is 0 Å². The number of hydrogen-bond donors (Lipinski definition) is 2. The van der Waals surface area contributed by atoms with Crippen LogP contribution in [0.15, 0.2) is 0 Å². The van der Waals surface area contributed by atoms with Crippen LogP contribution in [0, 0.1) is 11.3 Å². The van der Waals surface area contributed by atoms with Crippen molar-refractivity contribution in [1.29, 1.82) is 0 Å². The lowest BCUT2D eigenvalue weighted by atomic mass is 9.60. The van der Waals surface area contributed by atoms with Gasteiger partial charge in [0.15, 0.2) is 0 Å². The zero-order chi connectivity index (χ0) is 13.5. The predicted molar refractivity (Wildman–Crippen MR) is 58.9 cm³/mol. The average molecular weight is 250 g/mol. The van der Waals surface area contributed by atoms with Crippen molar-refractivity contribution in [3.63, 3.8) is 0 Å². The van der Waals surface area contributed by atoms with E-state index in [1.165, 1.54) is 6.92 Å². The molecule has 0 spiro atoms. The van der Waals surface area contributed by atoms with E-state index in [9.17, 15) is 23.8 Å². The lowest BCUT2D eigenvalue weighted by Crippen LogP contribution is -2.57. The van der Waals surface area contributed by atoms with Gasteiger partial charge in [-0.05, 0) is 25.7 Å². The van der Waals surface area contributed by atoms with Gasteiger partial charge in [0.25, 0.3) is 0 Å². The van der Waals surface area contributed by atoms with Gasteiger partial charge in [0.2, 0.25) is 5.92 Å². The Bertz CT molecular complexity index is 305. The third-order valence-electron chi connectivity index (χ3n) is 4.37. The monoisotopic (exact) mass is 250 g/mol. The van der Waals surface area contributed by atoms with Crippen LogP contribution in [0.4, 0.5) is 8.78 Å². The molecule has 100 valence electrons. The molecule has 0 aromatic heterocycles. The summed E-state index contributed by atoms with van der Waals surface area (Å²) in [5.74, 6) is -4.22. The fourth-order valence-corrected chi connectivity index (χ4v) is 2.53. The molecule has 0 heterocycles. The van der Waals surface area contributed by atoms with E-state index in [1.54, 1.807) is 13.8 Å². The maximum atomic E-state index is 13.1. The van der Waals surface area contributed by atoms with Crippen LogP contribution in [0.3, 0.4) is 0 Å². The maximum absolute atomic E-state index is 13.1. The molecule has 0 aromatic carbocycles. The molecule has 0 bridgehead atoms. The van der Waals surface area contributed by atoms with Crippen LogP contribution in [-0.2, 0) is 4.79 Å². The van der Waals surface area contributed by atoms with Crippen molar-refractivity contribution in [1.82, 2.24) is 0 Å². The van der Waals surface area contributed by atoms with Crippen molar-refractivity contribution >= 4 is 5.97 Å². The van der Waals surface area contributed by atoms with Gasteiger partial charge in [-0.3, -0.25) is 4.79 Å². The van der Waals surface area contributed by atoms with Crippen molar-refractivity contribution in [2.45, 2.75) is 58.0 Å². The Labute approximate surface area is 99.8 Å². The topological polar surface area (TPSA) is 57.5 Å². The van der Waals surface area contributed by atoms with Crippen LogP contribution < -0.4 is 0 Å². The SMILES string of the molecule is CC(C)C(C)(C(=O)O)C1(O)CCC(F)(F)CC1. The van der Waals surface area contributed by atoms with Crippen molar-refractivity contribution in [2.24, 2.45) is 11.3 Å². The Morgan fingerprint density at radius 1 is 1.24 bits per heavy atom. The minimum Gasteiger partial charge on any atom is -0.481 e. The van der Waals surface area contributed by atoms with E-state index < -0.39 is 35.7 Å². The second-order valence-electron chi connectivity index (χ2n) is 5.55. The molecule has 1 fully saturated rings. The Balaban J connectivity index is 3.01. The number of carboxylic acids is 1. The minimum absolute atomic E-state index is 0.166. The minimum atomic E-state index is -2.78. The summed E-state index contributed by atoms with van der Waals surface area (Å²) < 4.78 is 26.2. The van der Waals surface area contributed by atoms with E-state index >= 15 is 0 Å². The Hall–Kier alpha value is -0.710. The summed E-state index contributed by atoms with van der Waals surface area (Å²) in [6.45, 7) is 4.83. The normalized spacial score (nSPS) is 26.5. The third-order valence-corrected chi connectivity index (χ3v) is 4.37. The van der Waals surface area contributed by atoms with Gasteiger partial charge >= 0.3 is 5.97 Å². The second-order valence-corrected chi connectivity index (χ2v) is 5.55. The highest BCUT2D eigenvalue weighted by molar-refractivity contribution is 5.76. The van der Waals surface area contributed by atoms with Crippen LogP contribution in [0.5, 0.6) is 0 Å². The number of halogens is 2. The second kappa shape index (κ2) is 4.19. The average Bonchev–Trinajstić information content (AvgIpc) is 2.21. The molecule has 0 radical (unpaired) electrons. The molecular formula is C12H20F2O3. The summed E-state index contributed by atoms with van der Waals surface area (Å²) in [5, 5.41) is 19.8. The van der Waals surface area contributed by atoms with Crippen molar-refractivity contribution in [3.05, 3.63) is 0 Å². The molecule has 1 saturated carbocycles. The molecule has 1 unspecified atom stereocenters. The molecule has 1 rings (SSSR count). The van der Waals surface area contributed by atoms with Crippen LogP contribution in [0.2, 0.25) is 0 Å². The molecule has 2 N–H and O–H groups in total. The van der Waals surface area contributed by atoms with Gasteiger partial charge in [-0.25, -0.2) is 8.78 Å². The highest BCUT2D eigenvalue weighted by Gasteiger charge is 2.57. The first-order valence-corrected chi connectivity index (χ1v) is 5.89. The number of alkyl halides is 2. The molecule has 17 heavy (non-hydrogen) atoms. The van der Waals surface area contributed by atoms with Crippen LogP contribution in [0.1, 0.15) is 46.5 Å². The van der Waals surface area contributed by atoms with E-state index in [2.05, 4.69) is 0 Å². The fraction of sp³-hybridized carbons (Fsp3) is 0.917. The van der Waals surface area contributed by atoms with Crippen LogP contribution in [0.25, 0.3) is 0 Å². The number of hydrogen-bond acceptors (Lipinski definition) is 2. The lowest BCUT2D eigenvalue weighted by molar-refractivity contribution is -0.193. The van der Waals surface area contributed by atoms with Gasteiger partial charge in [-0.2, -0.15) is 0 Å². The summed E-state index contributed by atoms with van der Waals surface area (Å²) >= 11 is 0. The van der Waals surface area contributed by atoms with E-state index in [0.29, 0.717) is 0 Å². The van der Waals surface area contributed by atoms with Crippen LogP contribution in [-0.4, -0.2) is 27.7 Å². The van der Waals surface area contributed by atoms with Gasteiger partial charge in [0.1, 0.15) is 0 Å². The summed E-state index contributed by atoms with van der Waals surface area (Å²) in [6.07, 6.45) is -1.22. The standard InChI is InChI=1S/C12H20F2O3/c1-8(2)10(3,9(15)16)11(17)4-6-12(13,14)7-5-11/h8,17H,4-7H2,1-3H3,(H,15,16). The molecule has 3 nitrogen and oxygen atoms in total. The molecule has 1 aliphatic rings. The summed E-state index contributed by atoms with van der Waals surface area (Å²) in [6, 6.07) is 0. The lowest BCUT2D eigenvalue weighted by Gasteiger charge is -2.48. The Morgan fingerprint density at radius 3 is 1.94 bits per heavy atom. The molecule has 5 heteroatoms. The Morgan fingerprint density at radius 2 is 1.65 bits per heavy atom. The first-order chi connectivity index (χ1) is 7.55. The highest BCUT2D eigenvalue weighted by Crippen LogP contribution is 2.50. The first kappa shape index (κ1) is 14.4. The van der Waals surface area contributed by atoms with E-state index in [1.807, 2.05) is 0 Å². The zero-order valence-electron chi connectivity index (χ0n) is 10.5. The molecule has 0 aromatic rings. The van der Waals surface area contributed by atoms with E-state index in [-0.39, 0.29) is 18.8 Å². The molecular weight excluding hydrogens is 230 g/mol. The smallest absolute Gasteiger partial charge is 0.312 e. The maximum Gasteiger partial charge on any atom is 0.312 e. The number of rotatable bonds is 3.